The molecule has 8 heteroatoms. The van der Waals surface area contributed by atoms with Gasteiger partial charge in [0.15, 0.2) is 0 Å². The number of unbranched alkanes of at least 4 members (excludes halogenated alkanes) is 1. The van der Waals surface area contributed by atoms with Crippen LogP contribution in [0.1, 0.15) is 25.3 Å². The van der Waals surface area contributed by atoms with Crippen LogP contribution in [0.25, 0.3) is 0 Å². The fourth-order valence-electron chi connectivity index (χ4n) is 2.34. The molecule has 0 radical (unpaired) electrons. The minimum absolute atomic E-state index is 0.0548. The van der Waals surface area contributed by atoms with Crippen LogP contribution in [-0.2, 0) is 14.8 Å². The first kappa shape index (κ1) is 20.6. The maximum absolute atomic E-state index is 12.9. The fourth-order valence-corrected chi connectivity index (χ4v) is 3.66. The molecule has 0 aliphatic heterocycles. The van der Waals surface area contributed by atoms with Crippen molar-refractivity contribution in [1.29, 1.82) is 0 Å². The zero-order valence-corrected chi connectivity index (χ0v) is 16.4. The predicted octanol–water partition coefficient (Wildman–Crippen LogP) is 4.15. The summed E-state index contributed by atoms with van der Waals surface area (Å²) in [6.07, 6.45) is 0.934. The van der Waals surface area contributed by atoms with E-state index in [0.29, 0.717) is 11.4 Å². The second-order valence-electron chi connectivity index (χ2n) is 5.92. The summed E-state index contributed by atoms with van der Waals surface area (Å²) >= 11 is 0. The molecule has 2 aromatic rings. The van der Waals surface area contributed by atoms with E-state index in [1.807, 2.05) is 6.92 Å². The molecule has 0 heterocycles. The van der Waals surface area contributed by atoms with Gasteiger partial charge in [-0.25, -0.2) is 13.2 Å². The number of ether oxygens (including phenoxy) is 2. The van der Waals surface area contributed by atoms with Crippen molar-refractivity contribution in [2.45, 2.75) is 31.6 Å². The maximum atomic E-state index is 12.9. The standard InChI is InChI=1S/C19H24N2O5S/c1-4-5-12-26-19(22)20-16-11-10-14(2)13-18(16)27(23,24)21-15-8-6-7-9-17(15)25-3/h6-11,13,21H,4-5,12H2,1-3H3,(H,20,22). The van der Waals surface area contributed by atoms with E-state index < -0.39 is 16.1 Å². The Labute approximate surface area is 159 Å². The number of aryl methyl sites for hydroxylation is 1. The lowest BCUT2D eigenvalue weighted by molar-refractivity contribution is 0.160. The van der Waals surface area contributed by atoms with Gasteiger partial charge in [-0.15, -0.1) is 0 Å². The number of benzene rings is 2. The van der Waals surface area contributed by atoms with Crippen LogP contribution in [0.3, 0.4) is 0 Å². The SMILES string of the molecule is CCCCOC(=O)Nc1ccc(C)cc1S(=O)(=O)Nc1ccccc1OC. The van der Waals surface area contributed by atoms with Crippen molar-refractivity contribution in [3.63, 3.8) is 0 Å². The van der Waals surface area contributed by atoms with Crippen LogP contribution < -0.4 is 14.8 Å². The first-order chi connectivity index (χ1) is 12.9. The molecule has 0 fully saturated rings. The van der Waals surface area contributed by atoms with E-state index in [-0.39, 0.29) is 17.2 Å². The Morgan fingerprint density at radius 3 is 2.56 bits per heavy atom. The normalized spacial score (nSPS) is 10.9. The van der Waals surface area contributed by atoms with Crippen LogP contribution in [0.15, 0.2) is 47.4 Å². The molecule has 2 N–H and O–H groups in total. The summed E-state index contributed by atoms with van der Waals surface area (Å²) in [7, 11) is -2.51. The van der Waals surface area contributed by atoms with Gasteiger partial charge in [0.25, 0.3) is 10.0 Å². The quantitative estimate of drug-likeness (QED) is 0.658. The third-order valence-electron chi connectivity index (χ3n) is 3.75. The first-order valence-electron chi connectivity index (χ1n) is 8.57. The zero-order valence-electron chi connectivity index (χ0n) is 15.6. The molecule has 0 aliphatic rings. The van der Waals surface area contributed by atoms with Crippen LogP contribution >= 0.6 is 0 Å². The van der Waals surface area contributed by atoms with Crippen molar-refractivity contribution >= 4 is 27.5 Å². The molecule has 0 atom stereocenters. The third kappa shape index (κ3) is 5.62. The van der Waals surface area contributed by atoms with Gasteiger partial charge in [-0.3, -0.25) is 10.0 Å². The number of sulfonamides is 1. The van der Waals surface area contributed by atoms with Crippen molar-refractivity contribution in [2.75, 3.05) is 23.8 Å². The van der Waals surface area contributed by atoms with E-state index in [2.05, 4.69) is 10.0 Å². The number of nitrogens with one attached hydrogen (secondary N) is 2. The smallest absolute Gasteiger partial charge is 0.411 e. The number of para-hydroxylation sites is 2. The van der Waals surface area contributed by atoms with Gasteiger partial charge < -0.3 is 9.47 Å². The van der Waals surface area contributed by atoms with E-state index in [0.717, 1.165) is 18.4 Å². The molecule has 0 aromatic heterocycles. The van der Waals surface area contributed by atoms with Gasteiger partial charge in [0.05, 0.1) is 25.1 Å². The fraction of sp³-hybridized carbons (Fsp3) is 0.316. The van der Waals surface area contributed by atoms with Gasteiger partial charge in [-0.1, -0.05) is 31.5 Å². The summed E-state index contributed by atoms with van der Waals surface area (Å²) in [5, 5.41) is 2.51. The summed E-state index contributed by atoms with van der Waals surface area (Å²) in [5.41, 5.74) is 1.18. The molecule has 0 saturated heterocycles. The van der Waals surface area contributed by atoms with Crippen molar-refractivity contribution < 1.29 is 22.7 Å². The van der Waals surface area contributed by atoms with E-state index >= 15 is 0 Å². The molecule has 0 spiro atoms. The van der Waals surface area contributed by atoms with Gasteiger partial charge in [0, 0.05) is 0 Å². The molecule has 0 aliphatic carbocycles. The van der Waals surface area contributed by atoms with Crippen molar-refractivity contribution in [2.24, 2.45) is 0 Å². The first-order valence-corrected chi connectivity index (χ1v) is 10.1. The Hall–Kier alpha value is -2.74. The highest BCUT2D eigenvalue weighted by molar-refractivity contribution is 7.93. The Morgan fingerprint density at radius 2 is 1.85 bits per heavy atom. The number of carbonyl (C=O) groups is 1. The number of rotatable bonds is 8. The topological polar surface area (TPSA) is 93.7 Å². The van der Waals surface area contributed by atoms with Crippen LogP contribution in [-0.4, -0.2) is 28.2 Å². The lowest BCUT2D eigenvalue weighted by Gasteiger charge is -2.15. The largest absolute Gasteiger partial charge is 0.495 e. The minimum Gasteiger partial charge on any atom is -0.495 e. The average molecular weight is 392 g/mol. The van der Waals surface area contributed by atoms with Crippen LogP contribution in [0, 0.1) is 6.92 Å². The monoisotopic (exact) mass is 392 g/mol. The summed E-state index contributed by atoms with van der Waals surface area (Å²) in [6.45, 7) is 4.02. The lowest BCUT2D eigenvalue weighted by Crippen LogP contribution is -2.19. The van der Waals surface area contributed by atoms with E-state index in [1.165, 1.54) is 19.2 Å². The molecule has 0 unspecified atom stereocenters. The average Bonchev–Trinajstić information content (AvgIpc) is 2.63. The third-order valence-corrected chi connectivity index (χ3v) is 5.15. The van der Waals surface area contributed by atoms with Crippen LogP contribution in [0.5, 0.6) is 5.75 Å². The molecule has 7 nitrogen and oxygen atoms in total. The van der Waals surface area contributed by atoms with Crippen LogP contribution in [0.2, 0.25) is 0 Å². The second kappa shape index (κ2) is 9.27. The Balaban J connectivity index is 2.30. The van der Waals surface area contributed by atoms with Gasteiger partial charge in [0.1, 0.15) is 10.6 Å². The summed E-state index contributed by atoms with van der Waals surface area (Å²) in [4.78, 5) is 11.9. The molecular formula is C19H24N2O5S. The number of methoxy groups -OCH3 is 1. The van der Waals surface area contributed by atoms with Gasteiger partial charge in [-0.05, 0) is 43.2 Å². The molecule has 2 rings (SSSR count). The number of hydrogen-bond donors (Lipinski definition) is 2. The highest BCUT2D eigenvalue weighted by atomic mass is 32.2. The summed E-state index contributed by atoms with van der Waals surface area (Å²) < 4.78 is 38.6. The highest BCUT2D eigenvalue weighted by Crippen LogP contribution is 2.29. The molecule has 27 heavy (non-hydrogen) atoms. The predicted molar refractivity (Wildman–Crippen MR) is 105 cm³/mol. The van der Waals surface area contributed by atoms with Crippen molar-refractivity contribution in [3.05, 3.63) is 48.0 Å². The van der Waals surface area contributed by atoms with E-state index in [9.17, 15) is 13.2 Å². The second-order valence-corrected chi connectivity index (χ2v) is 7.57. The van der Waals surface area contributed by atoms with E-state index in [1.54, 1.807) is 37.3 Å². The van der Waals surface area contributed by atoms with Gasteiger partial charge in [0.2, 0.25) is 0 Å². The van der Waals surface area contributed by atoms with Crippen molar-refractivity contribution in [3.8, 4) is 5.75 Å². The van der Waals surface area contributed by atoms with Gasteiger partial charge in [-0.2, -0.15) is 0 Å². The number of anilines is 2. The number of carbonyl (C=O) groups excluding carboxylic acids is 1. The number of hydrogen-bond acceptors (Lipinski definition) is 5. The molecule has 0 saturated carbocycles. The summed E-state index contributed by atoms with van der Waals surface area (Å²) in [5.74, 6) is 0.391. The highest BCUT2D eigenvalue weighted by Gasteiger charge is 2.22. The molecule has 146 valence electrons. The Morgan fingerprint density at radius 1 is 1.11 bits per heavy atom. The zero-order chi connectivity index (χ0) is 19.9. The molecular weight excluding hydrogens is 368 g/mol. The Bertz CT molecular complexity index is 897. The van der Waals surface area contributed by atoms with Crippen molar-refractivity contribution in [1.82, 2.24) is 0 Å². The molecule has 0 bridgehead atoms. The van der Waals surface area contributed by atoms with E-state index in [4.69, 9.17) is 9.47 Å². The van der Waals surface area contributed by atoms with Gasteiger partial charge >= 0.3 is 6.09 Å². The maximum Gasteiger partial charge on any atom is 0.411 e. The lowest BCUT2D eigenvalue weighted by atomic mass is 10.2. The molecule has 2 aromatic carbocycles. The van der Waals surface area contributed by atoms with Crippen LogP contribution in [0.4, 0.5) is 16.2 Å². The molecule has 1 amide bonds. The minimum atomic E-state index is -3.97. The summed E-state index contributed by atoms with van der Waals surface area (Å²) in [6, 6.07) is 11.4. The number of amides is 1. The Kier molecular flexibility index (Phi) is 7.06.